The summed E-state index contributed by atoms with van der Waals surface area (Å²) < 4.78 is 7.40. The predicted molar refractivity (Wildman–Crippen MR) is 75.6 cm³/mol. The minimum atomic E-state index is 0.709. The fraction of sp³-hybridized carbons (Fsp3) is 0.462. The number of ether oxygens (including phenoxy) is 1. The van der Waals surface area contributed by atoms with Crippen LogP contribution in [0.2, 0.25) is 0 Å². The molecule has 0 radical (unpaired) electrons. The van der Waals surface area contributed by atoms with E-state index in [0.717, 1.165) is 23.1 Å². The number of aromatic nitrogens is 4. The van der Waals surface area contributed by atoms with E-state index in [1.54, 1.807) is 16.4 Å². The fourth-order valence-electron chi connectivity index (χ4n) is 1.56. The Hall–Kier alpha value is -1.56. The molecule has 6 heteroatoms. The molecule has 0 bridgehead atoms. The highest BCUT2D eigenvalue weighted by Crippen LogP contribution is 2.17. The van der Waals surface area contributed by atoms with Gasteiger partial charge in [0.15, 0.2) is 0 Å². The summed E-state index contributed by atoms with van der Waals surface area (Å²) in [6, 6.07) is 6.18. The number of aryl methyl sites for hydroxylation is 3. The minimum absolute atomic E-state index is 0.709. The summed E-state index contributed by atoms with van der Waals surface area (Å²) in [5, 5.41) is 12.1. The topological polar surface area (TPSA) is 52.8 Å². The Labute approximate surface area is 117 Å². The van der Waals surface area contributed by atoms with Crippen molar-refractivity contribution < 1.29 is 4.74 Å². The first-order valence-electron chi connectivity index (χ1n) is 6.22. The van der Waals surface area contributed by atoms with Crippen LogP contribution in [-0.4, -0.2) is 32.6 Å². The molecule has 0 aliphatic heterocycles. The van der Waals surface area contributed by atoms with E-state index < -0.39 is 0 Å². The first-order valence-corrected chi connectivity index (χ1v) is 7.20. The van der Waals surface area contributed by atoms with Crippen LogP contribution in [0.25, 0.3) is 0 Å². The maximum atomic E-state index is 5.72. The van der Waals surface area contributed by atoms with Gasteiger partial charge in [0.2, 0.25) is 5.16 Å². The molecule has 0 saturated heterocycles. The Bertz CT molecular complexity index is 541. The van der Waals surface area contributed by atoms with Crippen LogP contribution in [0.4, 0.5) is 0 Å². The third-order valence-electron chi connectivity index (χ3n) is 2.85. The van der Waals surface area contributed by atoms with Crippen molar-refractivity contribution in [2.24, 2.45) is 7.05 Å². The molecule has 0 aliphatic carbocycles. The van der Waals surface area contributed by atoms with Crippen molar-refractivity contribution in [3.05, 3.63) is 29.3 Å². The average Bonchev–Trinajstić information content (AvgIpc) is 2.79. The van der Waals surface area contributed by atoms with Crippen molar-refractivity contribution in [2.45, 2.75) is 25.4 Å². The van der Waals surface area contributed by atoms with Gasteiger partial charge in [-0.3, -0.25) is 0 Å². The second-order valence-electron chi connectivity index (χ2n) is 4.38. The number of thioether (sulfide) groups is 1. The van der Waals surface area contributed by atoms with Crippen molar-refractivity contribution in [3.8, 4) is 5.75 Å². The van der Waals surface area contributed by atoms with E-state index in [2.05, 4.69) is 41.5 Å². The number of hydrogen-bond acceptors (Lipinski definition) is 5. The predicted octanol–water partition coefficient (Wildman–Crippen LogP) is 2.39. The number of benzene rings is 1. The van der Waals surface area contributed by atoms with E-state index in [9.17, 15) is 0 Å². The van der Waals surface area contributed by atoms with Crippen LogP contribution in [0.5, 0.6) is 5.75 Å². The van der Waals surface area contributed by atoms with Gasteiger partial charge in [-0.1, -0.05) is 17.8 Å². The van der Waals surface area contributed by atoms with Gasteiger partial charge in [0.25, 0.3) is 0 Å². The molecule has 102 valence electrons. The van der Waals surface area contributed by atoms with E-state index >= 15 is 0 Å². The summed E-state index contributed by atoms with van der Waals surface area (Å²) in [4.78, 5) is 0. The molecule has 0 spiro atoms. The molecule has 0 fully saturated rings. The fourth-order valence-corrected chi connectivity index (χ4v) is 2.32. The van der Waals surface area contributed by atoms with Crippen LogP contribution in [0, 0.1) is 13.8 Å². The molecule has 0 amide bonds. The van der Waals surface area contributed by atoms with Crippen LogP contribution < -0.4 is 4.74 Å². The summed E-state index contributed by atoms with van der Waals surface area (Å²) in [7, 11) is 1.84. The molecule has 0 atom stereocenters. The van der Waals surface area contributed by atoms with E-state index in [1.807, 2.05) is 13.1 Å². The standard InChI is InChI=1S/C13H18N4OS/c1-10-5-6-12(9-11(10)2)18-7-4-8-19-13-14-15-16-17(13)3/h5-6,9H,4,7-8H2,1-3H3. The van der Waals surface area contributed by atoms with Crippen LogP contribution in [0.15, 0.2) is 23.4 Å². The van der Waals surface area contributed by atoms with Crippen molar-refractivity contribution >= 4 is 11.8 Å². The molecule has 0 saturated carbocycles. The van der Waals surface area contributed by atoms with Gasteiger partial charge < -0.3 is 4.74 Å². The molecule has 2 rings (SSSR count). The van der Waals surface area contributed by atoms with Crippen LogP contribution >= 0.6 is 11.8 Å². The van der Waals surface area contributed by atoms with Crippen molar-refractivity contribution in [2.75, 3.05) is 12.4 Å². The lowest BCUT2D eigenvalue weighted by Gasteiger charge is -2.07. The molecule has 19 heavy (non-hydrogen) atoms. The minimum Gasteiger partial charge on any atom is -0.494 e. The average molecular weight is 278 g/mol. The van der Waals surface area contributed by atoms with Gasteiger partial charge in [0, 0.05) is 12.8 Å². The molecule has 0 N–H and O–H groups in total. The third-order valence-corrected chi connectivity index (χ3v) is 3.95. The van der Waals surface area contributed by atoms with Crippen LogP contribution in [0.3, 0.4) is 0 Å². The second-order valence-corrected chi connectivity index (χ2v) is 5.44. The van der Waals surface area contributed by atoms with E-state index in [4.69, 9.17) is 4.74 Å². The summed E-state index contributed by atoms with van der Waals surface area (Å²) in [5.74, 6) is 1.88. The number of nitrogens with zero attached hydrogens (tertiary/aromatic N) is 4. The third kappa shape index (κ3) is 3.96. The van der Waals surface area contributed by atoms with Gasteiger partial charge in [-0.15, -0.1) is 5.10 Å². The van der Waals surface area contributed by atoms with Gasteiger partial charge in [-0.25, -0.2) is 4.68 Å². The van der Waals surface area contributed by atoms with E-state index in [0.29, 0.717) is 6.61 Å². The molecule has 5 nitrogen and oxygen atoms in total. The van der Waals surface area contributed by atoms with Gasteiger partial charge >= 0.3 is 0 Å². The maximum absolute atomic E-state index is 5.72. The molecule has 0 unspecified atom stereocenters. The Balaban J connectivity index is 1.69. The van der Waals surface area contributed by atoms with Crippen LogP contribution in [-0.2, 0) is 7.05 Å². The lowest BCUT2D eigenvalue weighted by atomic mass is 10.1. The van der Waals surface area contributed by atoms with Gasteiger partial charge in [0.1, 0.15) is 5.75 Å². The Kier molecular flexibility index (Phi) is 4.79. The van der Waals surface area contributed by atoms with Gasteiger partial charge in [0.05, 0.1) is 6.61 Å². The SMILES string of the molecule is Cc1ccc(OCCCSc2nnnn2C)cc1C. The summed E-state index contributed by atoms with van der Waals surface area (Å²) in [5.41, 5.74) is 2.55. The molecule has 0 aliphatic rings. The van der Waals surface area contributed by atoms with Crippen molar-refractivity contribution in [3.63, 3.8) is 0 Å². The zero-order chi connectivity index (χ0) is 13.7. The molecule has 1 aromatic heterocycles. The monoisotopic (exact) mass is 278 g/mol. The molecular weight excluding hydrogens is 260 g/mol. The quantitative estimate of drug-likeness (QED) is 0.600. The zero-order valence-electron chi connectivity index (χ0n) is 11.5. The molecular formula is C13H18N4OS. The normalized spacial score (nSPS) is 10.7. The Morgan fingerprint density at radius 2 is 2.11 bits per heavy atom. The van der Waals surface area contributed by atoms with E-state index in [-0.39, 0.29) is 0 Å². The highest BCUT2D eigenvalue weighted by molar-refractivity contribution is 7.99. The first kappa shape index (κ1) is 13.9. The number of hydrogen-bond donors (Lipinski definition) is 0. The van der Waals surface area contributed by atoms with E-state index in [1.165, 1.54) is 11.1 Å². The number of tetrazole rings is 1. The highest BCUT2D eigenvalue weighted by Gasteiger charge is 2.02. The first-order chi connectivity index (χ1) is 9.16. The van der Waals surface area contributed by atoms with Crippen LogP contribution in [0.1, 0.15) is 17.5 Å². The summed E-state index contributed by atoms with van der Waals surface area (Å²) >= 11 is 1.64. The smallest absolute Gasteiger partial charge is 0.209 e. The van der Waals surface area contributed by atoms with Gasteiger partial charge in [-0.05, 0) is 54.0 Å². The lowest BCUT2D eigenvalue weighted by molar-refractivity contribution is 0.318. The summed E-state index contributed by atoms with van der Waals surface area (Å²) in [6.45, 7) is 4.91. The summed E-state index contributed by atoms with van der Waals surface area (Å²) in [6.07, 6.45) is 0.963. The highest BCUT2D eigenvalue weighted by atomic mass is 32.2. The Morgan fingerprint density at radius 1 is 1.26 bits per heavy atom. The Morgan fingerprint density at radius 3 is 2.79 bits per heavy atom. The number of rotatable bonds is 6. The zero-order valence-corrected chi connectivity index (χ0v) is 12.3. The lowest BCUT2D eigenvalue weighted by Crippen LogP contribution is -2.00. The molecule has 2 aromatic rings. The maximum Gasteiger partial charge on any atom is 0.209 e. The van der Waals surface area contributed by atoms with Gasteiger partial charge in [-0.2, -0.15) is 0 Å². The molecule has 1 heterocycles. The van der Waals surface area contributed by atoms with Crippen molar-refractivity contribution in [1.82, 2.24) is 20.2 Å². The molecule has 1 aromatic carbocycles. The van der Waals surface area contributed by atoms with Crippen molar-refractivity contribution in [1.29, 1.82) is 0 Å². The second kappa shape index (κ2) is 6.56. The largest absolute Gasteiger partial charge is 0.494 e.